The molecule has 1 aliphatic heterocycles. The molecule has 2 fully saturated rings. The molecule has 1 N–H and O–H groups in total. The Hall–Kier alpha value is -3.20. The van der Waals surface area contributed by atoms with E-state index in [2.05, 4.69) is 20.3 Å². The van der Waals surface area contributed by atoms with Crippen LogP contribution in [0.15, 0.2) is 42.9 Å². The molecule has 0 bridgehead atoms. The van der Waals surface area contributed by atoms with E-state index in [1.165, 1.54) is 12.1 Å². The highest BCUT2D eigenvalue weighted by Crippen LogP contribution is 2.40. The number of likely N-dealkylation sites (N-methyl/N-ethyl adjacent to an activating group) is 1. The van der Waals surface area contributed by atoms with Crippen molar-refractivity contribution in [2.24, 2.45) is 5.92 Å². The van der Waals surface area contributed by atoms with Crippen molar-refractivity contribution in [3.8, 4) is 5.69 Å². The van der Waals surface area contributed by atoms with Crippen LogP contribution in [0.1, 0.15) is 31.5 Å². The van der Waals surface area contributed by atoms with Crippen LogP contribution in [0.5, 0.6) is 0 Å². The van der Waals surface area contributed by atoms with Crippen LogP contribution < -0.4 is 10.2 Å². The lowest BCUT2D eigenvalue weighted by molar-refractivity contribution is 0.229. The zero-order valence-electron chi connectivity index (χ0n) is 17.7. The van der Waals surface area contributed by atoms with E-state index in [4.69, 9.17) is 11.6 Å². The molecule has 1 saturated heterocycles. The molecule has 2 aliphatic rings. The Kier molecular flexibility index (Phi) is 5.21. The average Bonchev–Trinajstić information content (AvgIpc) is 3.40. The first-order chi connectivity index (χ1) is 15.4. The van der Waals surface area contributed by atoms with E-state index in [1.54, 1.807) is 41.4 Å². The van der Waals surface area contributed by atoms with Crippen LogP contribution in [0.25, 0.3) is 5.69 Å². The van der Waals surface area contributed by atoms with Gasteiger partial charge in [-0.05, 0) is 49.9 Å². The normalized spacial score (nSPS) is 19.5. The topological polar surface area (TPSA) is 79.2 Å². The smallest absolute Gasteiger partial charge is 0.325 e. The third-order valence-corrected chi connectivity index (χ3v) is 6.13. The molecule has 1 aliphatic carbocycles. The van der Waals surface area contributed by atoms with Gasteiger partial charge in [0.15, 0.2) is 0 Å². The van der Waals surface area contributed by atoms with Crippen molar-refractivity contribution in [2.75, 3.05) is 23.8 Å². The van der Waals surface area contributed by atoms with Gasteiger partial charge in [0, 0.05) is 31.5 Å². The number of imidazole rings is 1. The Morgan fingerprint density at radius 3 is 2.69 bits per heavy atom. The third kappa shape index (κ3) is 4.00. The van der Waals surface area contributed by atoms with Crippen LogP contribution in [-0.2, 0) is 0 Å². The Balaban J connectivity index is 1.36. The van der Waals surface area contributed by atoms with Crippen LogP contribution in [0.2, 0.25) is 5.15 Å². The van der Waals surface area contributed by atoms with Gasteiger partial charge in [-0.1, -0.05) is 11.6 Å². The van der Waals surface area contributed by atoms with Gasteiger partial charge in [-0.2, -0.15) is 4.98 Å². The lowest BCUT2D eigenvalue weighted by Crippen LogP contribution is -2.36. The number of hydrogen-bond donors (Lipinski definition) is 1. The maximum Gasteiger partial charge on any atom is 0.325 e. The van der Waals surface area contributed by atoms with Gasteiger partial charge >= 0.3 is 6.03 Å². The van der Waals surface area contributed by atoms with E-state index in [1.807, 2.05) is 17.7 Å². The summed E-state index contributed by atoms with van der Waals surface area (Å²) < 4.78 is 15.0. The summed E-state index contributed by atoms with van der Waals surface area (Å²) in [5.41, 5.74) is 1.56. The number of benzene rings is 1. The quantitative estimate of drug-likeness (QED) is 0.561. The third-order valence-electron chi connectivity index (χ3n) is 5.94. The predicted octanol–water partition coefficient (Wildman–Crippen LogP) is 4.28. The fourth-order valence-corrected chi connectivity index (χ4v) is 4.23. The van der Waals surface area contributed by atoms with Crippen molar-refractivity contribution in [1.29, 1.82) is 0 Å². The van der Waals surface area contributed by atoms with E-state index < -0.39 is 0 Å². The second-order valence-electron chi connectivity index (χ2n) is 8.36. The number of nitrogens with zero attached hydrogens (tertiary/aromatic N) is 6. The molecule has 2 aromatic heterocycles. The van der Waals surface area contributed by atoms with Crippen LogP contribution >= 0.6 is 11.6 Å². The number of carbonyl (C=O) groups excluding carboxylic acids is 1. The molecule has 2 atom stereocenters. The lowest BCUT2D eigenvalue weighted by Gasteiger charge is -2.23. The minimum atomic E-state index is -0.287. The van der Waals surface area contributed by atoms with E-state index in [0.29, 0.717) is 24.2 Å². The highest BCUT2D eigenvalue weighted by atomic mass is 35.5. The lowest BCUT2D eigenvalue weighted by atomic mass is 10.2. The fourth-order valence-electron chi connectivity index (χ4n) is 4.05. The minimum Gasteiger partial charge on any atom is -0.346 e. The molecule has 1 saturated carbocycles. The summed E-state index contributed by atoms with van der Waals surface area (Å²) in [7, 11) is 1.80. The van der Waals surface area contributed by atoms with Crippen LogP contribution in [0.3, 0.4) is 0 Å². The summed E-state index contributed by atoms with van der Waals surface area (Å²) in [5, 5.41) is 3.49. The number of aromatic nitrogens is 4. The van der Waals surface area contributed by atoms with Crippen molar-refractivity contribution >= 4 is 29.4 Å². The molecule has 10 heteroatoms. The summed E-state index contributed by atoms with van der Waals surface area (Å²) in [4.78, 5) is 29.6. The molecule has 32 heavy (non-hydrogen) atoms. The molecule has 3 aromatic rings. The van der Waals surface area contributed by atoms with Gasteiger partial charge in [-0.15, -0.1) is 0 Å². The summed E-state index contributed by atoms with van der Waals surface area (Å²) in [6, 6.07) is 7.63. The molecule has 166 valence electrons. The summed E-state index contributed by atoms with van der Waals surface area (Å²) in [6.45, 7) is 2.62. The molecule has 0 spiro atoms. The van der Waals surface area contributed by atoms with Crippen LogP contribution in [0.4, 0.5) is 21.0 Å². The second kappa shape index (κ2) is 8.05. The van der Waals surface area contributed by atoms with Crippen molar-refractivity contribution in [2.45, 2.75) is 31.8 Å². The number of rotatable bonds is 6. The molecule has 0 radical (unpaired) electrons. The standard InChI is InChI=1S/C22H23ClFN7O/c1-13(17-10-30(12-25-17)16-7-5-15(24)6-8-16)26-21-27-19(23)9-20(28-21)31-18(14-3-4-14)11-29(2)22(31)32/h5-10,12-14,18H,3-4,11H2,1-2H3,(H,26,27,28)/t13-,18?/m0/s1. The van der Waals surface area contributed by atoms with Gasteiger partial charge in [0.2, 0.25) is 5.95 Å². The van der Waals surface area contributed by atoms with Gasteiger partial charge in [0.1, 0.15) is 16.8 Å². The number of anilines is 2. The zero-order chi connectivity index (χ0) is 22.4. The van der Waals surface area contributed by atoms with E-state index in [0.717, 1.165) is 24.2 Å². The van der Waals surface area contributed by atoms with E-state index in [9.17, 15) is 9.18 Å². The first kappa shape index (κ1) is 20.7. The van der Waals surface area contributed by atoms with Crippen LogP contribution in [0, 0.1) is 11.7 Å². The highest BCUT2D eigenvalue weighted by molar-refractivity contribution is 6.29. The molecular weight excluding hydrogens is 433 g/mol. The Labute approximate surface area is 190 Å². The van der Waals surface area contributed by atoms with Gasteiger partial charge in [0.05, 0.1) is 24.1 Å². The molecule has 3 heterocycles. The van der Waals surface area contributed by atoms with Crippen LogP contribution in [-0.4, -0.2) is 50.1 Å². The fraction of sp³-hybridized carbons (Fsp3) is 0.364. The van der Waals surface area contributed by atoms with Crippen molar-refractivity contribution in [3.63, 3.8) is 0 Å². The number of carbonyl (C=O) groups is 1. The maximum atomic E-state index is 13.2. The summed E-state index contributed by atoms with van der Waals surface area (Å²) in [6.07, 6.45) is 5.78. The number of nitrogens with one attached hydrogen (secondary N) is 1. The summed E-state index contributed by atoms with van der Waals surface area (Å²) in [5.74, 6) is 1.05. The number of amides is 2. The highest BCUT2D eigenvalue weighted by Gasteiger charge is 2.45. The second-order valence-corrected chi connectivity index (χ2v) is 8.75. The zero-order valence-corrected chi connectivity index (χ0v) is 18.5. The first-order valence-corrected chi connectivity index (χ1v) is 10.9. The Morgan fingerprint density at radius 1 is 1.22 bits per heavy atom. The van der Waals surface area contributed by atoms with Gasteiger partial charge in [-0.25, -0.2) is 19.2 Å². The largest absolute Gasteiger partial charge is 0.346 e. The maximum absolute atomic E-state index is 13.2. The molecular formula is C22H23ClFN7O. The van der Waals surface area contributed by atoms with Crippen molar-refractivity contribution < 1.29 is 9.18 Å². The van der Waals surface area contributed by atoms with Gasteiger partial charge in [0.25, 0.3) is 0 Å². The predicted molar refractivity (Wildman–Crippen MR) is 120 cm³/mol. The molecule has 8 nitrogen and oxygen atoms in total. The Bertz CT molecular complexity index is 1150. The molecule has 2 amide bonds. The molecule has 1 aromatic carbocycles. The van der Waals surface area contributed by atoms with Crippen molar-refractivity contribution in [3.05, 3.63) is 59.5 Å². The van der Waals surface area contributed by atoms with Gasteiger partial charge < -0.3 is 14.8 Å². The summed E-state index contributed by atoms with van der Waals surface area (Å²) >= 11 is 6.29. The van der Waals surface area contributed by atoms with E-state index in [-0.39, 0.29) is 29.1 Å². The first-order valence-electron chi connectivity index (χ1n) is 10.5. The van der Waals surface area contributed by atoms with Gasteiger partial charge in [-0.3, -0.25) is 4.90 Å². The SMILES string of the molecule is C[C@H](Nc1nc(Cl)cc(N2C(=O)N(C)CC2C2CC2)n1)c1cn(-c2ccc(F)cc2)cn1. The molecule has 5 rings (SSSR count). The average molecular weight is 456 g/mol. The monoisotopic (exact) mass is 455 g/mol. The Morgan fingerprint density at radius 2 is 1.97 bits per heavy atom. The number of urea groups is 1. The van der Waals surface area contributed by atoms with E-state index >= 15 is 0 Å². The van der Waals surface area contributed by atoms with Crippen molar-refractivity contribution in [1.82, 2.24) is 24.4 Å². The number of halogens is 2. The minimum absolute atomic E-state index is 0.0753. The number of hydrogen-bond acceptors (Lipinski definition) is 5. The molecule has 1 unspecified atom stereocenters.